The molecule has 126 valence electrons. The number of unbranched alkanes of at least 4 members (excludes halogenated alkanes) is 9. The fourth-order valence-electron chi connectivity index (χ4n) is 2.04. The summed E-state index contributed by atoms with van der Waals surface area (Å²) < 4.78 is 0. The minimum absolute atomic E-state index is 0.353. The first-order valence-electron chi connectivity index (χ1n) is 8.56. The Balaban J connectivity index is 3.25. The van der Waals surface area contributed by atoms with Crippen LogP contribution < -0.4 is 16.9 Å². The molecule has 0 aliphatic rings. The zero-order valence-electron chi connectivity index (χ0n) is 14.0. The van der Waals surface area contributed by atoms with Crippen molar-refractivity contribution in [3.63, 3.8) is 0 Å². The molecular weight excluding hydrogens is 266 g/mol. The van der Waals surface area contributed by atoms with Crippen LogP contribution in [0.15, 0.2) is 0 Å². The van der Waals surface area contributed by atoms with E-state index < -0.39 is 11.6 Å². The molecule has 0 fully saturated rings. The van der Waals surface area contributed by atoms with Crippen molar-refractivity contribution in [2.24, 2.45) is 11.5 Å². The average Bonchev–Trinajstić information content (AvgIpc) is 2.48. The summed E-state index contributed by atoms with van der Waals surface area (Å²) >= 11 is 0. The van der Waals surface area contributed by atoms with Crippen LogP contribution in [-0.2, 0) is 9.63 Å². The molecule has 0 bridgehead atoms. The number of hydroxylamine groups is 1. The maximum Gasteiger partial charge on any atom is 0.359 e. The van der Waals surface area contributed by atoms with Crippen LogP contribution in [0.25, 0.3) is 0 Å². The van der Waals surface area contributed by atoms with E-state index in [-0.39, 0.29) is 0 Å². The maximum atomic E-state index is 11.4. The van der Waals surface area contributed by atoms with Gasteiger partial charge in [-0.3, -0.25) is 0 Å². The Hall–Kier alpha value is -0.650. The third-order valence-corrected chi connectivity index (χ3v) is 3.76. The minimum atomic E-state index is -1.38. The lowest BCUT2D eigenvalue weighted by molar-refractivity contribution is -0.157. The molecule has 0 aliphatic heterocycles. The minimum Gasteiger partial charge on any atom is -0.368 e. The molecule has 5 nitrogen and oxygen atoms in total. The predicted molar refractivity (Wildman–Crippen MR) is 87.3 cm³/mol. The summed E-state index contributed by atoms with van der Waals surface area (Å²) in [7, 11) is 0. The SMILES string of the molecule is CCCCCCCCCCCCNOC(=O)C(N)(N)CC. The normalized spacial score (nSPS) is 11.6. The van der Waals surface area contributed by atoms with Crippen molar-refractivity contribution >= 4 is 5.97 Å². The summed E-state index contributed by atoms with van der Waals surface area (Å²) in [6.07, 6.45) is 13.2. The van der Waals surface area contributed by atoms with Crippen molar-refractivity contribution in [1.29, 1.82) is 0 Å². The van der Waals surface area contributed by atoms with Gasteiger partial charge in [0.25, 0.3) is 0 Å². The van der Waals surface area contributed by atoms with Crippen molar-refractivity contribution in [2.75, 3.05) is 6.54 Å². The standard InChI is InChI=1S/C16H35N3O2/c1-3-5-6-7-8-9-10-11-12-13-14-19-21-15(20)16(17,18)4-2/h19H,3-14,17-18H2,1-2H3. The highest BCUT2D eigenvalue weighted by Crippen LogP contribution is 2.10. The molecule has 0 aromatic heterocycles. The first kappa shape index (κ1) is 20.3. The topological polar surface area (TPSA) is 90.4 Å². The van der Waals surface area contributed by atoms with Gasteiger partial charge in [-0.1, -0.05) is 71.6 Å². The quantitative estimate of drug-likeness (QED) is 0.261. The lowest BCUT2D eigenvalue weighted by Gasteiger charge is -2.19. The Morgan fingerprint density at radius 3 is 1.86 bits per heavy atom. The summed E-state index contributed by atoms with van der Waals surface area (Å²) in [6.45, 7) is 4.65. The van der Waals surface area contributed by atoms with Gasteiger partial charge >= 0.3 is 5.97 Å². The highest BCUT2D eigenvalue weighted by atomic mass is 16.7. The summed E-state index contributed by atoms with van der Waals surface area (Å²) in [6, 6.07) is 0. The van der Waals surface area contributed by atoms with Crippen LogP contribution in [0, 0.1) is 0 Å². The molecule has 0 saturated carbocycles. The molecule has 0 aliphatic carbocycles. The number of hydrogen-bond acceptors (Lipinski definition) is 5. The molecule has 0 unspecified atom stereocenters. The van der Waals surface area contributed by atoms with Crippen molar-refractivity contribution in [1.82, 2.24) is 5.48 Å². The van der Waals surface area contributed by atoms with Gasteiger partial charge in [0.15, 0.2) is 5.66 Å². The first-order valence-corrected chi connectivity index (χ1v) is 8.56. The van der Waals surface area contributed by atoms with E-state index in [2.05, 4.69) is 12.4 Å². The Morgan fingerprint density at radius 2 is 1.38 bits per heavy atom. The number of nitrogens with two attached hydrogens (primary N) is 2. The molecule has 5 heteroatoms. The smallest absolute Gasteiger partial charge is 0.359 e. The van der Waals surface area contributed by atoms with Gasteiger partial charge in [-0.25, -0.2) is 4.79 Å². The van der Waals surface area contributed by atoms with Crippen LogP contribution in [0.3, 0.4) is 0 Å². The fraction of sp³-hybridized carbons (Fsp3) is 0.938. The molecule has 0 spiro atoms. The van der Waals surface area contributed by atoms with Crippen LogP contribution in [0.5, 0.6) is 0 Å². The van der Waals surface area contributed by atoms with E-state index >= 15 is 0 Å². The third-order valence-electron chi connectivity index (χ3n) is 3.76. The van der Waals surface area contributed by atoms with Crippen LogP contribution in [0.1, 0.15) is 84.5 Å². The first-order chi connectivity index (χ1) is 10.0. The van der Waals surface area contributed by atoms with E-state index in [4.69, 9.17) is 16.3 Å². The zero-order valence-corrected chi connectivity index (χ0v) is 14.0. The van der Waals surface area contributed by atoms with Crippen molar-refractivity contribution in [3.8, 4) is 0 Å². The summed E-state index contributed by atoms with van der Waals surface area (Å²) in [5.74, 6) is -0.600. The number of carbonyl (C=O) groups excluding carboxylic acids is 1. The Morgan fingerprint density at radius 1 is 0.905 bits per heavy atom. The molecule has 0 aromatic carbocycles. The molecule has 0 saturated heterocycles. The molecule has 0 atom stereocenters. The second-order valence-corrected chi connectivity index (χ2v) is 5.86. The summed E-state index contributed by atoms with van der Waals surface area (Å²) in [5.41, 5.74) is 12.4. The number of hydrogen-bond donors (Lipinski definition) is 3. The summed E-state index contributed by atoms with van der Waals surface area (Å²) in [4.78, 5) is 16.3. The lowest BCUT2D eigenvalue weighted by Crippen LogP contribution is -2.57. The van der Waals surface area contributed by atoms with E-state index in [9.17, 15) is 4.79 Å². The fourth-order valence-corrected chi connectivity index (χ4v) is 2.04. The van der Waals surface area contributed by atoms with Crippen molar-refractivity contribution in [2.45, 2.75) is 90.1 Å². The van der Waals surface area contributed by atoms with Gasteiger partial charge in [-0.15, -0.1) is 0 Å². The van der Waals surface area contributed by atoms with Crippen LogP contribution in [0.4, 0.5) is 0 Å². The molecular formula is C16H35N3O2. The zero-order chi connectivity index (χ0) is 16.0. The van der Waals surface area contributed by atoms with E-state index in [1.807, 2.05) is 0 Å². The largest absolute Gasteiger partial charge is 0.368 e. The van der Waals surface area contributed by atoms with Crippen LogP contribution in [0.2, 0.25) is 0 Å². The van der Waals surface area contributed by atoms with E-state index in [1.165, 1.54) is 51.4 Å². The summed E-state index contributed by atoms with van der Waals surface area (Å²) in [5, 5.41) is 0. The number of rotatable bonds is 14. The molecule has 0 heterocycles. The molecule has 0 radical (unpaired) electrons. The average molecular weight is 301 g/mol. The van der Waals surface area contributed by atoms with Gasteiger partial charge in [0.1, 0.15) is 0 Å². The van der Waals surface area contributed by atoms with Crippen molar-refractivity contribution in [3.05, 3.63) is 0 Å². The van der Waals surface area contributed by atoms with E-state index in [0.717, 1.165) is 12.8 Å². The van der Waals surface area contributed by atoms with Gasteiger partial charge in [0.2, 0.25) is 0 Å². The van der Waals surface area contributed by atoms with Crippen LogP contribution in [-0.4, -0.2) is 18.2 Å². The number of carbonyl (C=O) groups is 1. The highest BCUT2D eigenvalue weighted by molar-refractivity contribution is 5.79. The molecule has 0 amide bonds. The monoisotopic (exact) mass is 301 g/mol. The second-order valence-electron chi connectivity index (χ2n) is 5.86. The van der Waals surface area contributed by atoms with E-state index in [0.29, 0.717) is 13.0 Å². The Labute approximate surface area is 130 Å². The maximum absolute atomic E-state index is 11.4. The molecule has 0 rings (SSSR count). The third kappa shape index (κ3) is 11.7. The second kappa shape index (κ2) is 13.0. The van der Waals surface area contributed by atoms with Gasteiger partial charge in [0, 0.05) is 6.54 Å². The van der Waals surface area contributed by atoms with Gasteiger partial charge in [-0.05, 0) is 12.8 Å². The Kier molecular flexibility index (Phi) is 12.6. The van der Waals surface area contributed by atoms with Crippen molar-refractivity contribution < 1.29 is 9.63 Å². The van der Waals surface area contributed by atoms with Gasteiger partial charge in [-0.2, -0.15) is 5.48 Å². The molecule has 5 N–H and O–H groups in total. The van der Waals surface area contributed by atoms with Gasteiger partial charge < -0.3 is 16.3 Å². The Bertz CT molecular complexity index is 258. The molecule has 0 aromatic rings. The predicted octanol–water partition coefficient (Wildman–Crippen LogP) is 2.98. The van der Waals surface area contributed by atoms with Gasteiger partial charge in [0.05, 0.1) is 0 Å². The van der Waals surface area contributed by atoms with Crippen LogP contribution >= 0.6 is 0 Å². The number of nitrogens with one attached hydrogen (secondary N) is 1. The molecule has 21 heavy (non-hydrogen) atoms. The lowest BCUT2D eigenvalue weighted by atomic mass is 10.1. The van der Waals surface area contributed by atoms with E-state index in [1.54, 1.807) is 6.92 Å². The highest BCUT2D eigenvalue weighted by Gasteiger charge is 2.28.